The first kappa shape index (κ1) is 13.9. The Morgan fingerprint density at radius 1 is 1.20 bits per heavy atom. The molecule has 0 spiro atoms. The third-order valence-electron chi connectivity index (χ3n) is 2.97. The molecule has 2 nitrogen and oxygen atoms in total. The van der Waals surface area contributed by atoms with E-state index in [0.717, 1.165) is 21.8 Å². The normalized spacial score (nSPS) is 11.2. The van der Waals surface area contributed by atoms with Crippen LogP contribution in [0.4, 0.5) is 0 Å². The van der Waals surface area contributed by atoms with Crippen molar-refractivity contribution in [3.8, 4) is 0 Å². The molecule has 3 aromatic rings. The highest BCUT2D eigenvalue weighted by molar-refractivity contribution is 7.98. The van der Waals surface area contributed by atoms with Gasteiger partial charge in [0, 0.05) is 15.2 Å². The molecule has 0 aliphatic heterocycles. The fourth-order valence-corrected chi connectivity index (χ4v) is 4.05. The number of aromatic nitrogens is 2. The van der Waals surface area contributed by atoms with Crippen molar-refractivity contribution in [1.29, 1.82) is 0 Å². The molecule has 0 N–H and O–H groups in total. The molecule has 1 aromatic carbocycles. The van der Waals surface area contributed by atoms with E-state index in [-0.39, 0.29) is 0 Å². The fraction of sp³-hybridized carbons (Fsp3) is 0.200. The Kier molecular flexibility index (Phi) is 3.96. The molecule has 0 unspecified atom stereocenters. The van der Waals surface area contributed by atoms with E-state index in [0.29, 0.717) is 5.15 Å². The number of hydrogen-bond donors (Lipinski definition) is 0. The highest BCUT2D eigenvalue weighted by Gasteiger charge is 2.09. The quantitative estimate of drug-likeness (QED) is 0.486. The average molecular weight is 321 g/mol. The first-order valence-corrected chi connectivity index (χ1v) is 8.42. The molecular weight excluding hydrogens is 308 g/mol. The second-order valence-corrected chi connectivity index (χ2v) is 7.17. The van der Waals surface area contributed by atoms with Crippen LogP contribution in [0.3, 0.4) is 0 Å². The van der Waals surface area contributed by atoms with Crippen LogP contribution in [0, 0.1) is 13.8 Å². The first-order chi connectivity index (χ1) is 9.63. The molecule has 2 heterocycles. The molecule has 0 saturated carbocycles. The van der Waals surface area contributed by atoms with Crippen molar-refractivity contribution in [2.75, 3.05) is 0 Å². The van der Waals surface area contributed by atoms with Gasteiger partial charge in [-0.1, -0.05) is 29.8 Å². The van der Waals surface area contributed by atoms with Crippen LogP contribution in [-0.2, 0) is 5.75 Å². The number of nitrogens with zero attached hydrogens (tertiary/aromatic N) is 2. The Bertz CT molecular complexity index is 768. The summed E-state index contributed by atoms with van der Waals surface area (Å²) in [5.41, 5.74) is 1.27. The third kappa shape index (κ3) is 2.82. The standard InChI is InChI=1S/C15H13ClN2S2/c1-9-5-3-4-6-12(9)19-8-13-17-14(16)11-7-10(2)20-15(11)18-13/h3-7H,8H2,1-2H3. The zero-order valence-electron chi connectivity index (χ0n) is 11.2. The van der Waals surface area contributed by atoms with Gasteiger partial charge >= 0.3 is 0 Å². The van der Waals surface area contributed by atoms with Crippen LogP contribution >= 0.6 is 34.7 Å². The van der Waals surface area contributed by atoms with E-state index in [4.69, 9.17) is 11.6 Å². The molecule has 0 aliphatic carbocycles. The lowest BCUT2D eigenvalue weighted by Gasteiger charge is -2.05. The topological polar surface area (TPSA) is 25.8 Å². The number of benzene rings is 1. The number of halogens is 1. The zero-order chi connectivity index (χ0) is 14.1. The van der Waals surface area contributed by atoms with E-state index in [1.165, 1.54) is 15.3 Å². The molecule has 0 amide bonds. The predicted octanol–water partition coefficient (Wildman–Crippen LogP) is 5.25. The van der Waals surface area contributed by atoms with E-state index in [9.17, 15) is 0 Å². The van der Waals surface area contributed by atoms with Gasteiger partial charge in [0.05, 0.1) is 5.75 Å². The molecule has 0 fully saturated rings. The Balaban J connectivity index is 1.86. The molecule has 0 radical (unpaired) electrons. The monoisotopic (exact) mass is 320 g/mol. The molecule has 5 heteroatoms. The average Bonchev–Trinajstić information content (AvgIpc) is 2.79. The van der Waals surface area contributed by atoms with Gasteiger partial charge < -0.3 is 0 Å². The van der Waals surface area contributed by atoms with Crippen LogP contribution in [0.25, 0.3) is 10.2 Å². The lowest BCUT2D eigenvalue weighted by atomic mass is 10.2. The van der Waals surface area contributed by atoms with Crippen LogP contribution in [-0.4, -0.2) is 9.97 Å². The van der Waals surface area contributed by atoms with E-state index >= 15 is 0 Å². The van der Waals surface area contributed by atoms with Crippen molar-refractivity contribution in [3.63, 3.8) is 0 Å². The maximum atomic E-state index is 6.23. The van der Waals surface area contributed by atoms with Crippen molar-refractivity contribution >= 4 is 44.9 Å². The Morgan fingerprint density at radius 2 is 2.00 bits per heavy atom. The second kappa shape index (κ2) is 5.72. The summed E-state index contributed by atoms with van der Waals surface area (Å²) in [6, 6.07) is 10.4. The highest BCUT2D eigenvalue weighted by Crippen LogP contribution is 2.30. The van der Waals surface area contributed by atoms with Crippen LogP contribution in [0.15, 0.2) is 35.2 Å². The summed E-state index contributed by atoms with van der Waals surface area (Å²) in [6.45, 7) is 4.17. The third-order valence-corrected chi connectivity index (χ3v) is 5.37. The van der Waals surface area contributed by atoms with Crippen LogP contribution in [0.2, 0.25) is 5.15 Å². The van der Waals surface area contributed by atoms with Gasteiger partial charge in [-0.2, -0.15) is 0 Å². The fourth-order valence-electron chi connectivity index (χ4n) is 1.97. The van der Waals surface area contributed by atoms with Crippen molar-refractivity contribution < 1.29 is 0 Å². The van der Waals surface area contributed by atoms with Gasteiger partial charge in [0.1, 0.15) is 15.8 Å². The number of rotatable bonds is 3. The van der Waals surface area contributed by atoms with Gasteiger partial charge in [-0.05, 0) is 31.5 Å². The largest absolute Gasteiger partial charge is 0.221 e. The summed E-state index contributed by atoms with van der Waals surface area (Å²) in [6.07, 6.45) is 0. The molecule has 102 valence electrons. The minimum atomic E-state index is 0.555. The lowest BCUT2D eigenvalue weighted by Crippen LogP contribution is -1.93. The number of thioether (sulfide) groups is 1. The molecule has 20 heavy (non-hydrogen) atoms. The minimum absolute atomic E-state index is 0.555. The Labute approximate surface area is 131 Å². The van der Waals surface area contributed by atoms with Crippen molar-refractivity contribution in [1.82, 2.24) is 9.97 Å². The van der Waals surface area contributed by atoms with E-state index in [1.807, 2.05) is 12.1 Å². The molecule has 2 aromatic heterocycles. The molecule has 3 rings (SSSR count). The van der Waals surface area contributed by atoms with Crippen molar-refractivity contribution in [2.24, 2.45) is 0 Å². The summed E-state index contributed by atoms with van der Waals surface area (Å²) in [4.78, 5) is 12.4. The van der Waals surface area contributed by atoms with Gasteiger partial charge in [-0.3, -0.25) is 0 Å². The van der Waals surface area contributed by atoms with Gasteiger partial charge in [-0.15, -0.1) is 23.1 Å². The second-order valence-electron chi connectivity index (χ2n) is 4.56. The van der Waals surface area contributed by atoms with Gasteiger partial charge in [-0.25, -0.2) is 9.97 Å². The van der Waals surface area contributed by atoms with Crippen molar-refractivity contribution in [2.45, 2.75) is 24.5 Å². The zero-order valence-corrected chi connectivity index (χ0v) is 13.6. The Morgan fingerprint density at radius 3 is 2.80 bits per heavy atom. The number of fused-ring (bicyclic) bond motifs is 1. The number of aryl methyl sites for hydroxylation is 2. The van der Waals surface area contributed by atoms with E-state index in [1.54, 1.807) is 23.1 Å². The summed E-state index contributed by atoms with van der Waals surface area (Å²) < 4.78 is 0. The van der Waals surface area contributed by atoms with E-state index in [2.05, 4.69) is 42.0 Å². The molecule has 0 aliphatic rings. The van der Waals surface area contributed by atoms with Crippen LogP contribution < -0.4 is 0 Å². The van der Waals surface area contributed by atoms with Gasteiger partial charge in [0.2, 0.25) is 0 Å². The molecule has 0 atom stereocenters. The molecule has 0 bridgehead atoms. The van der Waals surface area contributed by atoms with Crippen LogP contribution in [0.1, 0.15) is 16.3 Å². The maximum Gasteiger partial charge on any atom is 0.142 e. The van der Waals surface area contributed by atoms with Gasteiger partial charge in [0.25, 0.3) is 0 Å². The Hall–Kier alpha value is -1.10. The summed E-state index contributed by atoms with van der Waals surface area (Å²) in [5.74, 6) is 1.52. The van der Waals surface area contributed by atoms with E-state index < -0.39 is 0 Å². The maximum absolute atomic E-state index is 6.23. The first-order valence-electron chi connectivity index (χ1n) is 6.24. The smallest absolute Gasteiger partial charge is 0.142 e. The lowest BCUT2D eigenvalue weighted by molar-refractivity contribution is 1.07. The summed E-state index contributed by atoms with van der Waals surface area (Å²) in [5, 5.41) is 1.51. The van der Waals surface area contributed by atoms with Gasteiger partial charge in [0.15, 0.2) is 0 Å². The predicted molar refractivity (Wildman–Crippen MR) is 87.9 cm³/mol. The van der Waals surface area contributed by atoms with Crippen LogP contribution in [0.5, 0.6) is 0 Å². The van der Waals surface area contributed by atoms with Crippen molar-refractivity contribution in [3.05, 3.63) is 51.7 Å². The number of thiophene rings is 1. The molecular formula is C15H13ClN2S2. The summed E-state index contributed by atoms with van der Waals surface area (Å²) in [7, 11) is 0. The number of hydrogen-bond acceptors (Lipinski definition) is 4. The SMILES string of the molecule is Cc1cc2c(Cl)nc(CSc3ccccc3C)nc2s1. The molecule has 0 saturated heterocycles. The minimum Gasteiger partial charge on any atom is -0.221 e. The highest BCUT2D eigenvalue weighted by atomic mass is 35.5. The summed E-state index contributed by atoms with van der Waals surface area (Å²) >= 11 is 9.64.